The van der Waals surface area contributed by atoms with Gasteiger partial charge >= 0.3 is 0 Å². The SMILES string of the molecule is O=C(CSC1CCCc2ccccc21)Nc1cc(S(=O)(=O)N2CCOCC2)ccc1Cl. The average Bonchev–Trinajstić information content (AvgIpc) is 2.79. The largest absolute Gasteiger partial charge is 0.379 e. The van der Waals surface area contributed by atoms with Crippen LogP contribution in [0.25, 0.3) is 0 Å². The molecule has 0 radical (unpaired) electrons. The fourth-order valence-corrected chi connectivity index (χ4v) is 6.71. The number of morpholine rings is 1. The Hall–Kier alpha value is -1.58. The molecule has 0 bridgehead atoms. The molecule has 6 nitrogen and oxygen atoms in total. The van der Waals surface area contributed by atoms with Gasteiger partial charge in [0.1, 0.15) is 0 Å². The molecule has 1 aliphatic carbocycles. The van der Waals surface area contributed by atoms with E-state index >= 15 is 0 Å². The van der Waals surface area contributed by atoms with Gasteiger partial charge in [-0.2, -0.15) is 4.31 Å². The van der Waals surface area contributed by atoms with Gasteiger partial charge in [0, 0.05) is 18.3 Å². The van der Waals surface area contributed by atoms with Gasteiger partial charge in [-0.1, -0.05) is 35.9 Å². The molecule has 1 amide bonds. The Bertz CT molecular complexity index is 1060. The molecule has 2 aromatic rings. The molecule has 1 aliphatic heterocycles. The third-order valence-corrected chi connectivity index (χ3v) is 9.09. The summed E-state index contributed by atoms with van der Waals surface area (Å²) in [5.74, 6) is 0.0753. The number of rotatable bonds is 6. The minimum Gasteiger partial charge on any atom is -0.379 e. The molecule has 0 aromatic heterocycles. The number of benzene rings is 2. The highest BCUT2D eigenvalue weighted by Crippen LogP contribution is 2.39. The molecule has 1 atom stereocenters. The Morgan fingerprint density at radius 2 is 1.97 bits per heavy atom. The molecule has 0 saturated carbocycles. The molecule has 31 heavy (non-hydrogen) atoms. The topological polar surface area (TPSA) is 75.7 Å². The quantitative estimate of drug-likeness (QED) is 0.673. The summed E-state index contributed by atoms with van der Waals surface area (Å²) in [4.78, 5) is 12.7. The van der Waals surface area contributed by atoms with Crippen LogP contribution in [0.5, 0.6) is 0 Å². The normalized spacial score (nSPS) is 19.6. The van der Waals surface area contributed by atoms with Crippen molar-refractivity contribution in [3.05, 3.63) is 58.6 Å². The maximum atomic E-state index is 12.9. The van der Waals surface area contributed by atoms with Crippen molar-refractivity contribution in [2.75, 3.05) is 37.4 Å². The number of thioether (sulfide) groups is 1. The number of nitrogens with zero attached hydrogens (tertiary/aromatic N) is 1. The molecule has 2 aromatic carbocycles. The highest BCUT2D eigenvalue weighted by molar-refractivity contribution is 8.00. The smallest absolute Gasteiger partial charge is 0.243 e. The number of carbonyl (C=O) groups is 1. The van der Waals surface area contributed by atoms with Gasteiger partial charge in [0.25, 0.3) is 0 Å². The van der Waals surface area contributed by atoms with Gasteiger partial charge in [-0.15, -0.1) is 11.8 Å². The van der Waals surface area contributed by atoms with Crippen LogP contribution in [0.3, 0.4) is 0 Å². The zero-order valence-corrected chi connectivity index (χ0v) is 19.4. The number of anilines is 1. The second-order valence-electron chi connectivity index (χ2n) is 7.60. The molecule has 0 spiro atoms. The van der Waals surface area contributed by atoms with Gasteiger partial charge in [0.2, 0.25) is 15.9 Å². The highest BCUT2D eigenvalue weighted by atomic mass is 35.5. The van der Waals surface area contributed by atoms with Gasteiger partial charge in [-0.25, -0.2) is 8.42 Å². The van der Waals surface area contributed by atoms with Gasteiger partial charge in [-0.3, -0.25) is 4.79 Å². The number of nitrogens with one attached hydrogen (secondary N) is 1. The number of fused-ring (bicyclic) bond motifs is 1. The number of carbonyl (C=O) groups excluding carboxylic acids is 1. The van der Waals surface area contributed by atoms with Crippen molar-refractivity contribution in [1.82, 2.24) is 4.31 Å². The van der Waals surface area contributed by atoms with E-state index in [9.17, 15) is 13.2 Å². The van der Waals surface area contributed by atoms with E-state index in [0.717, 1.165) is 19.3 Å². The van der Waals surface area contributed by atoms with Crippen LogP contribution in [-0.2, 0) is 26.0 Å². The second-order valence-corrected chi connectivity index (χ2v) is 11.1. The minimum atomic E-state index is -3.66. The summed E-state index contributed by atoms with van der Waals surface area (Å²) in [5.41, 5.74) is 2.98. The first-order valence-corrected chi connectivity index (χ1v) is 13.2. The van der Waals surface area contributed by atoms with Crippen molar-refractivity contribution in [3.8, 4) is 0 Å². The molecule has 1 heterocycles. The third kappa shape index (κ3) is 5.26. The molecule has 1 N–H and O–H groups in total. The maximum absolute atomic E-state index is 12.9. The summed E-state index contributed by atoms with van der Waals surface area (Å²) < 4.78 is 32.4. The van der Waals surface area contributed by atoms with Gasteiger partial charge < -0.3 is 10.1 Å². The molecule has 1 saturated heterocycles. The van der Waals surface area contributed by atoms with Crippen LogP contribution in [-0.4, -0.2) is 50.7 Å². The predicted molar refractivity (Wildman–Crippen MR) is 124 cm³/mol. The third-order valence-electron chi connectivity index (χ3n) is 5.55. The van der Waals surface area contributed by atoms with Crippen LogP contribution in [0.2, 0.25) is 5.02 Å². The molecule has 2 aliphatic rings. The lowest BCUT2D eigenvalue weighted by molar-refractivity contribution is -0.113. The Labute approximate surface area is 192 Å². The number of ether oxygens (including phenoxy) is 1. The lowest BCUT2D eigenvalue weighted by Gasteiger charge is -2.26. The lowest BCUT2D eigenvalue weighted by Crippen LogP contribution is -2.40. The molecular weight excluding hydrogens is 456 g/mol. The first kappa shape index (κ1) is 22.6. The molecule has 1 unspecified atom stereocenters. The minimum absolute atomic E-state index is 0.114. The van der Waals surface area contributed by atoms with Gasteiger partial charge in [0.05, 0.1) is 34.6 Å². The Kier molecular flexibility index (Phi) is 7.23. The Morgan fingerprint density at radius 3 is 2.77 bits per heavy atom. The number of sulfonamides is 1. The summed E-state index contributed by atoms with van der Waals surface area (Å²) in [7, 11) is -3.66. The predicted octanol–water partition coefficient (Wildman–Crippen LogP) is 4.11. The summed E-state index contributed by atoms with van der Waals surface area (Å²) in [5, 5.41) is 3.39. The average molecular weight is 481 g/mol. The molecule has 1 fully saturated rings. The number of aryl methyl sites for hydroxylation is 1. The number of hydrogen-bond acceptors (Lipinski definition) is 5. The van der Waals surface area contributed by atoms with E-state index in [1.807, 2.05) is 6.07 Å². The number of hydrogen-bond donors (Lipinski definition) is 1. The number of amides is 1. The van der Waals surface area contributed by atoms with E-state index in [0.29, 0.717) is 42.3 Å². The van der Waals surface area contributed by atoms with Crippen LogP contribution >= 0.6 is 23.4 Å². The Morgan fingerprint density at radius 1 is 1.19 bits per heavy atom. The monoisotopic (exact) mass is 480 g/mol. The summed E-state index contributed by atoms with van der Waals surface area (Å²) in [6, 6.07) is 12.8. The van der Waals surface area contributed by atoms with E-state index < -0.39 is 10.0 Å². The second kappa shape index (κ2) is 9.92. The molecule has 4 rings (SSSR count). The van der Waals surface area contributed by atoms with E-state index in [1.165, 1.54) is 33.6 Å². The summed E-state index contributed by atoms with van der Waals surface area (Å²) in [6.07, 6.45) is 3.24. The first-order chi connectivity index (χ1) is 14.9. The highest BCUT2D eigenvalue weighted by Gasteiger charge is 2.27. The number of halogens is 1. The van der Waals surface area contributed by atoms with E-state index in [4.69, 9.17) is 16.3 Å². The zero-order chi connectivity index (χ0) is 21.8. The maximum Gasteiger partial charge on any atom is 0.243 e. The lowest BCUT2D eigenvalue weighted by atomic mass is 9.91. The van der Waals surface area contributed by atoms with Crippen LogP contribution < -0.4 is 5.32 Å². The molecular formula is C22H25ClN2O4S2. The molecule has 166 valence electrons. The van der Waals surface area contributed by atoms with Crippen LogP contribution in [0, 0.1) is 0 Å². The van der Waals surface area contributed by atoms with Crippen molar-refractivity contribution in [2.24, 2.45) is 0 Å². The van der Waals surface area contributed by atoms with Crippen LogP contribution in [0.1, 0.15) is 29.2 Å². The first-order valence-electron chi connectivity index (χ1n) is 10.3. The van der Waals surface area contributed by atoms with Crippen molar-refractivity contribution in [1.29, 1.82) is 0 Å². The van der Waals surface area contributed by atoms with E-state index in [1.54, 1.807) is 11.8 Å². The van der Waals surface area contributed by atoms with Gasteiger partial charge in [0.15, 0.2) is 0 Å². The van der Waals surface area contributed by atoms with E-state index in [2.05, 4.69) is 23.5 Å². The fourth-order valence-electron chi connectivity index (χ4n) is 3.94. The standard InChI is InChI=1S/C22H25ClN2O4S2/c23-19-9-8-17(31(27,28)25-10-12-29-13-11-25)14-20(19)24-22(26)15-30-21-7-3-5-16-4-1-2-6-18(16)21/h1-2,4,6,8-9,14,21H,3,5,7,10-13,15H2,(H,24,26). The van der Waals surface area contributed by atoms with Gasteiger partial charge in [-0.05, 0) is 48.6 Å². The van der Waals surface area contributed by atoms with Crippen LogP contribution in [0.4, 0.5) is 5.69 Å². The van der Waals surface area contributed by atoms with E-state index in [-0.39, 0.29) is 16.6 Å². The molecule has 9 heteroatoms. The summed E-state index contributed by atoms with van der Waals surface area (Å²) in [6.45, 7) is 1.37. The Balaban J connectivity index is 1.42. The van der Waals surface area contributed by atoms with Crippen molar-refractivity contribution >= 4 is 45.0 Å². The van der Waals surface area contributed by atoms with Crippen molar-refractivity contribution < 1.29 is 17.9 Å². The summed E-state index contributed by atoms with van der Waals surface area (Å²) >= 11 is 7.85. The van der Waals surface area contributed by atoms with Crippen molar-refractivity contribution in [2.45, 2.75) is 29.4 Å². The van der Waals surface area contributed by atoms with Crippen LogP contribution in [0.15, 0.2) is 47.4 Å². The van der Waals surface area contributed by atoms with Crippen molar-refractivity contribution in [3.63, 3.8) is 0 Å². The fraction of sp³-hybridized carbons (Fsp3) is 0.409. The zero-order valence-electron chi connectivity index (χ0n) is 17.1.